The molecule has 2 amide bonds. The standard InChI is InChI=1S/C21H26N4O2/c1-18(26)25(17-19-7-3-2-4-8-19)12-10-21(27)24-15-13-23(14-16-24)20-9-5-6-11-22-20/h2-9,11H,10,12-17H2,1H3. The van der Waals surface area contributed by atoms with Crippen molar-refractivity contribution < 1.29 is 9.59 Å². The van der Waals surface area contributed by atoms with Crippen LogP contribution in [0.3, 0.4) is 0 Å². The van der Waals surface area contributed by atoms with Crippen molar-refractivity contribution in [2.75, 3.05) is 37.6 Å². The molecule has 0 aliphatic carbocycles. The van der Waals surface area contributed by atoms with Crippen LogP contribution in [0.5, 0.6) is 0 Å². The molecule has 0 radical (unpaired) electrons. The van der Waals surface area contributed by atoms with E-state index in [9.17, 15) is 9.59 Å². The normalized spacial score (nSPS) is 14.1. The number of hydrogen-bond donors (Lipinski definition) is 0. The van der Waals surface area contributed by atoms with Crippen molar-refractivity contribution in [2.24, 2.45) is 0 Å². The van der Waals surface area contributed by atoms with E-state index in [0.29, 0.717) is 32.6 Å². The molecule has 2 heterocycles. The van der Waals surface area contributed by atoms with Crippen LogP contribution < -0.4 is 4.90 Å². The number of pyridine rings is 1. The second-order valence-electron chi connectivity index (χ2n) is 6.73. The first-order chi connectivity index (χ1) is 13.1. The van der Waals surface area contributed by atoms with Crippen LogP contribution in [0.4, 0.5) is 5.82 Å². The van der Waals surface area contributed by atoms with Gasteiger partial charge in [-0.15, -0.1) is 0 Å². The molecule has 0 spiro atoms. The fraction of sp³-hybridized carbons (Fsp3) is 0.381. The van der Waals surface area contributed by atoms with Crippen molar-refractivity contribution in [3.8, 4) is 0 Å². The number of aromatic nitrogens is 1. The molecule has 2 aromatic rings. The average Bonchev–Trinajstić information content (AvgIpc) is 2.72. The first-order valence-corrected chi connectivity index (χ1v) is 9.36. The molecule has 1 aliphatic heterocycles. The summed E-state index contributed by atoms with van der Waals surface area (Å²) in [6, 6.07) is 15.7. The molecule has 0 atom stereocenters. The van der Waals surface area contributed by atoms with Crippen molar-refractivity contribution in [1.82, 2.24) is 14.8 Å². The Hall–Kier alpha value is -2.89. The van der Waals surface area contributed by atoms with Crippen molar-refractivity contribution in [2.45, 2.75) is 19.9 Å². The molecular weight excluding hydrogens is 340 g/mol. The summed E-state index contributed by atoms with van der Waals surface area (Å²) in [5.41, 5.74) is 1.07. The molecule has 0 bridgehead atoms. The van der Waals surface area contributed by atoms with E-state index in [1.54, 1.807) is 18.0 Å². The Morgan fingerprint density at radius 2 is 1.70 bits per heavy atom. The van der Waals surface area contributed by atoms with E-state index in [4.69, 9.17) is 0 Å². The summed E-state index contributed by atoms with van der Waals surface area (Å²) in [6.45, 7) is 5.48. The van der Waals surface area contributed by atoms with Gasteiger partial charge in [0.25, 0.3) is 0 Å². The Bertz CT molecular complexity index is 743. The topological polar surface area (TPSA) is 56.8 Å². The van der Waals surface area contributed by atoms with Gasteiger partial charge in [-0.05, 0) is 17.7 Å². The first-order valence-electron chi connectivity index (χ1n) is 9.36. The van der Waals surface area contributed by atoms with E-state index in [0.717, 1.165) is 24.5 Å². The van der Waals surface area contributed by atoms with Crippen molar-refractivity contribution in [3.63, 3.8) is 0 Å². The van der Waals surface area contributed by atoms with Crippen LogP contribution >= 0.6 is 0 Å². The lowest BCUT2D eigenvalue weighted by atomic mass is 10.2. The van der Waals surface area contributed by atoms with Crippen molar-refractivity contribution in [1.29, 1.82) is 0 Å². The summed E-state index contributed by atoms with van der Waals surface area (Å²) < 4.78 is 0. The quantitative estimate of drug-likeness (QED) is 0.786. The van der Waals surface area contributed by atoms with Crippen molar-refractivity contribution in [3.05, 3.63) is 60.3 Å². The highest BCUT2D eigenvalue weighted by atomic mass is 16.2. The second kappa shape index (κ2) is 9.16. The van der Waals surface area contributed by atoms with Gasteiger partial charge in [-0.1, -0.05) is 36.4 Å². The SMILES string of the molecule is CC(=O)N(CCC(=O)N1CCN(c2ccccn2)CC1)Cc1ccccc1. The number of rotatable bonds is 6. The van der Waals surface area contributed by atoms with E-state index in [2.05, 4.69) is 9.88 Å². The van der Waals surface area contributed by atoms with E-state index in [-0.39, 0.29) is 11.8 Å². The number of carbonyl (C=O) groups excluding carboxylic acids is 2. The van der Waals surface area contributed by atoms with Crippen LogP contribution in [-0.4, -0.2) is 59.3 Å². The fourth-order valence-electron chi connectivity index (χ4n) is 3.27. The predicted octanol–water partition coefficient (Wildman–Crippen LogP) is 2.17. The van der Waals surface area contributed by atoms with E-state index < -0.39 is 0 Å². The van der Waals surface area contributed by atoms with Gasteiger partial charge in [-0.3, -0.25) is 9.59 Å². The van der Waals surface area contributed by atoms with Gasteiger partial charge in [-0.2, -0.15) is 0 Å². The monoisotopic (exact) mass is 366 g/mol. The summed E-state index contributed by atoms with van der Waals surface area (Å²) in [7, 11) is 0. The third kappa shape index (κ3) is 5.29. The minimum absolute atomic E-state index is 0.00776. The molecule has 142 valence electrons. The zero-order valence-electron chi connectivity index (χ0n) is 15.8. The lowest BCUT2D eigenvalue weighted by Gasteiger charge is -2.35. The Kier molecular flexibility index (Phi) is 6.41. The highest BCUT2D eigenvalue weighted by Gasteiger charge is 2.22. The van der Waals surface area contributed by atoms with Crippen molar-refractivity contribution >= 4 is 17.6 Å². The van der Waals surface area contributed by atoms with Gasteiger partial charge in [0.15, 0.2) is 0 Å². The summed E-state index contributed by atoms with van der Waals surface area (Å²) in [4.78, 5) is 34.7. The maximum atomic E-state index is 12.6. The third-order valence-corrected chi connectivity index (χ3v) is 4.86. The third-order valence-electron chi connectivity index (χ3n) is 4.86. The smallest absolute Gasteiger partial charge is 0.224 e. The van der Waals surface area contributed by atoms with E-state index >= 15 is 0 Å². The molecule has 1 aromatic carbocycles. The Morgan fingerprint density at radius 3 is 2.33 bits per heavy atom. The van der Waals surface area contributed by atoms with Crippen LogP contribution in [0.2, 0.25) is 0 Å². The van der Waals surface area contributed by atoms with Gasteiger partial charge < -0.3 is 14.7 Å². The largest absolute Gasteiger partial charge is 0.353 e. The van der Waals surface area contributed by atoms with Crippen LogP contribution in [0.15, 0.2) is 54.7 Å². The average molecular weight is 366 g/mol. The lowest BCUT2D eigenvalue weighted by Crippen LogP contribution is -2.49. The lowest BCUT2D eigenvalue weighted by molar-refractivity contribution is -0.134. The van der Waals surface area contributed by atoms with Gasteiger partial charge in [0.05, 0.1) is 0 Å². The minimum Gasteiger partial charge on any atom is -0.353 e. The second-order valence-corrected chi connectivity index (χ2v) is 6.73. The highest BCUT2D eigenvalue weighted by molar-refractivity contribution is 5.78. The van der Waals surface area contributed by atoms with E-state index in [1.165, 1.54) is 0 Å². The number of hydrogen-bond acceptors (Lipinski definition) is 4. The Labute approximate surface area is 160 Å². The zero-order chi connectivity index (χ0) is 19.1. The molecule has 1 aliphatic rings. The first kappa shape index (κ1) is 18.9. The molecule has 27 heavy (non-hydrogen) atoms. The van der Waals surface area contributed by atoms with Gasteiger partial charge in [0.1, 0.15) is 5.82 Å². The highest BCUT2D eigenvalue weighted by Crippen LogP contribution is 2.13. The molecule has 1 fully saturated rings. The van der Waals surface area contributed by atoms with Gasteiger partial charge in [0, 0.05) is 58.8 Å². The molecule has 3 rings (SSSR count). The number of piperazine rings is 1. The Balaban J connectivity index is 1.48. The molecule has 0 saturated carbocycles. The van der Waals surface area contributed by atoms with Gasteiger partial charge >= 0.3 is 0 Å². The molecule has 6 nitrogen and oxygen atoms in total. The minimum atomic E-state index is -0.00776. The molecule has 1 saturated heterocycles. The summed E-state index contributed by atoms with van der Waals surface area (Å²) in [5.74, 6) is 1.05. The number of amides is 2. The predicted molar refractivity (Wildman–Crippen MR) is 105 cm³/mol. The summed E-state index contributed by atoms with van der Waals surface area (Å²) >= 11 is 0. The molecule has 1 aromatic heterocycles. The van der Waals surface area contributed by atoms with Gasteiger partial charge in [-0.25, -0.2) is 4.98 Å². The summed E-state index contributed by atoms with van der Waals surface area (Å²) in [5, 5.41) is 0. The Morgan fingerprint density at radius 1 is 1.00 bits per heavy atom. The van der Waals surface area contributed by atoms with Crippen LogP contribution in [0.1, 0.15) is 18.9 Å². The number of anilines is 1. The van der Waals surface area contributed by atoms with Crippen LogP contribution in [0, 0.1) is 0 Å². The molecular formula is C21H26N4O2. The van der Waals surface area contributed by atoms with E-state index in [1.807, 2.05) is 53.4 Å². The van der Waals surface area contributed by atoms with Gasteiger partial charge in [0.2, 0.25) is 11.8 Å². The molecule has 0 unspecified atom stereocenters. The zero-order valence-corrected chi connectivity index (χ0v) is 15.8. The number of benzene rings is 1. The van der Waals surface area contributed by atoms with Crippen LogP contribution in [-0.2, 0) is 16.1 Å². The maximum Gasteiger partial charge on any atom is 0.224 e. The molecule has 0 N–H and O–H groups in total. The summed E-state index contributed by atoms with van der Waals surface area (Å²) in [6.07, 6.45) is 2.14. The fourth-order valence-corrected chi connectivity index (χ4v) is 3.27. The molecule has 6 heteroatoms. The number of nitrogens with zero attached hydrogens (tertiary/aromatic N) is 4. The maximum absolute atomic E-state index is 12.6. The van der Waals surface area contributed by atoms with Crippen LogP contribution in [0.25, 0.3) is 0 Å². The number of carbonyl (C=O) groups is 2.